The summed E-state index contributed by atoms with van der Waals surface area (Å²) in [5, 5.41) is 12.9. The summed E-state index contributed by atoms with van der Waals surface area (Å²) in [4.78, 5) is 32.2. The quantitative estimate of drug-likeness (QED) is 0.361. The van der Waals surface area contributed by atoms with Gasteiger partial charge in [-0.3, -0.25) is 5.32 Å². The van der Waals surface area contributed by atoms with Crippen molar-refractivity contribution < 1.29 is 24.1 Å². The zero-order chi connectivity index (χ0) is 25.2. The molecule has 13 heteroatoms. The number of imidazole rings is 1. The van der Waals surface area contributed by atoms with E-state index >= 15 is 0 Å². The smallest absolute Gasteiger partial charge is 0.347 e. The second-order valence-corrected chi connectivity index (χ2v) is 9.07. The topological polar surface area (TPSA) is 137 Å². The van der Waals surface area contributed by atoms with Gasteiger partial charge in [0.1, 0.15) is 4.88 Å². The molecule has 0 bridgehead atoms. The van der Waals surface area contributed by atoms with Gasteiger partial charge in [-0.15, -0.1) is 0 Å². The van der Waals surface area contributed by atoms with E-state index in [1.54, 1.807) is 27.5 Å². The molecule has 2 N–H and O–H groups in total. The van der Waals surface area contributed by atoms with Gasteiger partial charge in [0.2, 0.25) is 5.95 Å². The first-order valence-electron chi connectivity index (χ1n) is 11.2. The second kappa shape index (κ2) is 9.95. The second-order valence-electron chi connectivity index (χ2n) is 8.07. The average Bonchev–Trinajstić information content (AvgIpc) is 3.46. The van der Waals surface area contributed by atoms with Gasteiger partial charge in [0, 0.05) is 13.1 Å². The first-order valence-corrected chi connectivity index (χ1v) is 12.0. The number of rotatable bonds is 8. The zero-order valence-corrected chi connectivity index (χ0v) is 20.8. The third-order valence-electron chi connectivity index (χ3n) is 5.77. The molecule has 188 valence electrons. The van der Waals surface area contributed by atoms with E-state index in [0.717, 1.165) is 16.9 Å². The number of carboxylic acids is 1. The van der Waals surface area contributed by atoms with Crippen molar-refractivity contribution in [3.05, 3.63) is 40.7 Å². The van der Waals surface area contributed by atoms with Crippen molar-refractivity contribution in [2.75, 3.05) is 50.7 Å². The molecule has 12 nitrogen and oxygen atoms in total. The van der Waals surface area contributed by atoms with Crippen LogP contribution in [0.5, 0.6) is 11.5 Å². The van der Waals surface area contributed by atoms with Crippen LogP contribution in [0.25, 0.3) is 11.2 Å². The van der Waals surface area contributed by atoms with Crippen LogP contribution in [0.3, 0.4) is 0 Å². The lowest BCUT2D eigenvalue weighted by Gasteiger charge is -2.28. The average molecular weight is 512 g/mol. The van der Waals surface area contributed by atoms with Gasteiger partial charge in [-0.05, 0) is 24.6 Å². The molecule has 36 heavy (non-hydrogen) atoms. The summed E-state index contributed by atoms with van der Waals surface area (Å²) in [5.41, 5.74) is 2.72. The van der Waals surface area contributed by atoms with Crippen molar-refractivity contribution in [1.29, 1.82) is 0 Å². The van der Waals surface area contributed by atoms with Crippen LogP contribution < -0.4 is 19.7 Å². The maximum atomic E-state index is 11.5. The fourth-order valence-electron chi connectivity index (χ4n) is 4.02. The molecule has 0 unspecified atom stereocenters. The molecule has 0 spiro atoms. The number of anilines is 3. The van der Waals surface area contributed by atoms with Crippen LogP contribution in [-0.4, -0.2) is 76.1 Å². The first kappa shape index (κ1) is 23.8. The number of nitrogens with zero attached hydrogens (tertiary/aromatic N) is 6. The number of thiazole rings is 1. The fraction of sp³-hybridized carbons (Fsp3) is 0.348. The predicted molar refractivity (Wildman–Crippen MR) is 134 cm³/mol. The van der Waals surface area contributed by atoms with E-state index in [0.29, 0.717) is 78.1 Å². The minimum atomic E-state index is -1.02. The number of aromatic carboxylic acids is 1. The summed E-state index contributed by atoms with van der Waals surface area (Å²) in [5.74, 6) is 1.27. The summed E-state index contributed by atoms with van der Waals surface area (Å²) < 4.78 is 18.2. The summed E-state index contributed by atoms with van der Waals surface area (Å²) in [6, 6.07) is 5.74. The number of hydrogen-bond acceptors (Lipinski definition) is 11. The van der Waals surface area contributed by atoms with E-state index in [9.17, 15) is 9.90 Å². The number of hydrogen-bond donors (Lipinski definition) is 2. The molecule has 0 atom stereocenters. The maximum absolute atomic E-state index is 11.5. The molecule has 4 aromatic rings. The van der Waals surface area contributed by atoms with E-state index < -0.39 is 5.97 Å². The molecule has 3 aromatic heterocycles. The van der Waals surface area contributed by atoms with Crippen molar-refractivity contribution in [3.8, 4) is 11.5 Å². The lowest BCUT2D eigenvalue weighted by Crippen LogP contribution is -2.37. The fourth-order valence-corrected chi connectivity index (χ4v) is 4.82. The minimum absolute atomic E-state index is 0.172. The molecule has 1 aliphatic rings. The molecule has 0 aliphatic carbocycles. The lowest BCUT2D eigenvalue weighted by atomic mass is 10.2. The standard InChI is InChI=1S/C23H25N7O5S/c1-13-18(21(31)32)36-23(25-13)28-22-26-19(29-6-8-35-9-7-29)17-20(27-22)30(12-24-17)11-14-4-5-15(33-2)16(10-14)34-3/h4-5,10,12H,6-9,11H2,1-3H3,(H,31,32)(H,25,26,27,28). The number of fused-ring (bicyclic) bond motifs is 1. The molecular weight excluding hydrogens is 486 g/mol. The Hall–Kier alpha value is -3.97. The normalized spacial score (nSPS) is 13.7. The number of morpholine rings is 1. The van der Waals surface area contributed by atoms with Gasteiger partial charge >= 0.3 is 5.97 Å². The van der Waals surface area contributed by atoms with Crippen molar-refractivity contribution in [1.82, 2.24) is 24.5 Å². The monoisotopic (exact) mass is 511 g/mol. The first-order chi connectivity index (χ1) is 17.5. The molecule has 0 saturated carbocycles. The highest BCUT2D eigenvalue weighted by Crippen LogP contribution is 2.31. The van der Waals surface area contributed by atoms with E-state index in [2.05, 4.69) is 20.2 Å². The number of nitrogens with one attached hydrogen (secondary N) is 1. The lowest BCUT2D eigenvalue weighted by molar-refractivity contribution is 0.0701. The molecule has 5 rings (SSSR count). The molecule has 1 fully saturated rings. The third-order valence-corrected chi connectivity index (χ3v) is 6.83. The van der Waals surface area contributed by atoms with Gasteiger partial charge < -0.3 is 28.8 Å². The van der Waals surface area contributed by atoms with Crippen LogP contribution in [0.2, 0.25) is 0 Å². The Balaban J connectivity index is 1.55. The number of ether oxygens (including phenoxy) is 3. The molecule has 1 aliphatic heterocycles. The van der Waals surface area contributed by atoms with Gasteiger partial charge in [0.15, 0.2) is 33.6 Å². The SMILES string of the molecule is COc1ccc(Cn2cnc3c(N4CCOCC4)nc(Nc4nc(C)c(C(=O)O)s4)nc32)cc1OC. The van der Waals surface area contributed by atoms with Crippen molar-refractivity contribution in [2.45, 2.75) is 13.5 Å². The van der Waals surface area contributed by atoms with Gasteiger partial charge in [0.25, 0.3) is 0 Å². The highest BCUT2D eigenvalue weighted by Gasteiger charge is 2.22. The maximum Gasteiger partial charge on any atom is 0.347 e. The molecule has 0 amide bonds. The predicted octanol–water partition coefficient (Wildman–Crippen LogP) is 2.94. The van der Waals surface area contributed by atoms with Crippen LogP contribution in [-0.2, 0) is 11.3 Å². The Labute approximate surface area is 210 Å². The number of aromatic nitrogens is 5. The minimum Gasteiger partial charge on any atom is -0.493 e. The Bertz CT molecular complexity index is 1410. The van der Waals surface area contributed by atoms with Crippen molar-refractivity contribution >= 4 is 45.4 Å². The highest BCUT2D eigenvalue weighted by atomic mass is 32.1. The van der Waals surface area contributed by atoms with Crippen LogP contribution in [0.4, 0.5) is 16.9 Å². The Morgan fingerprint density at radius 3 is 2.64 bits per heavy atom. The van der Waals surface area contributed by atoms with Gasteiger partial charge in [0.05, 0.1) is 46.0 Å². The van der Waals surface area contributed by atoms with Crippen molar-refractivity contribution in [3.63, 3.8) is 0 Å². The number of methoxy groups -OCH3 is 2. The molecule has 1 saturated heterocycles. The van der Waals surface area contributed by atoms with Crippen molar-refractivity contribution in [2.24, 2.45) is 0 Å². The van der Waals surface area contributed by atoms with Crippen LogP contribution in [0.1, 0.15) is 20.9 Å². The number of carbonyl (C=O) groups is 1. The number of aryl methyl sites for hydroxylation is 1. The van der Waals surface area contributed by atoms with Gasteiger partial charge in [-0.1, -0.05) is 17.4 Å². The Morgan fingerprint density at radius 2 is 1.94 bits per heavy atom. The molecule has 1 aromatic carbocycles. The van der Waals surface area contributed by atoms with E-state index in [1.165, 1.54) is 0 Å². The summed E-state index contributed by atoms with van der Waals surface area (Å²) in [7, 11) is 3.20. The Kier molecular flexibility index (Phi) is 6.57. The van der Waals surface area contributed by atoms with Crippen LogP contribution >= 0.6 is 11.3 Å². The number of carboxylic acid groups (broad SMARTS) is 1. The summed E-state index contributed by atoms with van der Waals surface area (Å²) >= 11 is 1.04. The van der Waals surface area contributed by atoms with Gasteiger partial charge in [-0.25, -0.2) is 14.8 Å². The highest BCUT2D eigenvalue weighted by molar-refractivity contribution is 7.17. The summed E-state index contributed by atoms with van der Waals surface area (Å²) in [6.45, 7) is 4.69. The van der Waals surface area contributed by atoms with Gasteiger partial charge in [-0.2, -0.15) is 9.97 Å². The van der Waals surface area contributed by atoms with E-state index in [4.69, 9.17) is 24.2 Å². The summed E-state index contributed by atoms with van der Waals surface area (Å²) in [6.07, 6.45) is 1.74. The van der Waals surface area contributed by atoms with Crippen LogP contribution in [0.15, 0.2) is 24.5 Å². The molecule has 4 heterocycles. The van der Waals surface area contributed by atoms with E-state index in [-0.39, 0.29) is 4.88 Å². The third kappa shape index (κ3) is 4.62. The van der Waals surface area contributed by atoms with E-state index in [1.807, 2.05) is 22.8 Å². The molecule has 0 radical (unpaired) electrons. The van der Waals surface area contributed by atoms with Crippen LogP contribution in [0, 0.1) is 6.92 Å². The Morgan fingerprint density at radius 1 is 1.17 bits per heavy atom. The zero-order valence-electron chi connectivity index (χ0n) is 20.0. The largest absolute Gasteiger partial charge is 0.493 e. The molecular formula is C23H25N7O5S. The number of benzene rings is 1.